The van der Waals surface area contributed by atoms with Crippen molar-refractivity contribution in [3.63, 3.8) is 0 Å². The molecule has 0 aliphatic heterocycles. The van der Waals surface area contributed by atoms with E-state index in [1.807, 2.05) is 0 Å². The molecule has 1 aromatic rings. The topological polar surface area (TPSA) is 107 Å². The van der Waals surface area contributed by atoms with E-state index in [0.29, 0.717) is 0 Å². The molecular formula is C7H7BClFO6. The number of rotatable bonds is 2. The number of para-hydroxylation sites is 1. The van der Waals surface area contributed by atoms with Gasteiger partial charge in [0, 0.05) is 4.53 Å². The minimum Gasteiger partial charge on any atom is -0.478 e. The lowest BCUT2D eigenvalue weighted by atomic mass is 10.2. The Hall–Kier alpha value is -1.35. The first-order valence-electron chi connectivity index (χ1n) is 3.74. The van der Waals surface area contributed by atoms with Gasteiger partial charge in [-0.15, -0.1) is 0 Å². The van der Waals surface area contributed by atoms with E-state index in [1.54, 1.807) is 0 Å². The van der Waals surface area contributed by atoms with Crippen molar-refractivity contribution >= 4 is 24.9 Å². The molecule has 88 valence electrons. The molecule has 0 fully saturated rings. The second-order valence-corrected chi connectivity index (χ2v) is 2.75. The average Bonchev–Trinajstić information content (AvgIpc) is 2.16. The fourth-order valence-electron chi connectivity index (χ4n) is 0.756. The van der Waals surface area contributed by atoms with Crippen molar-refractivity contribution in [2.75, 3.05) is 0 Å². The SMILES string of the molecule is O=C(O)c1cccc(Cl)c1OF.OB(O)O. The maximum Gasteiger partial charge on any atom is 0.631 e. The van der Waals surface area contributed by atoms with Gasteiger partial charge in [0.1, 0.15) is 5.56 Å². The van der Waals surface area contributed by atoms with E-state index in [4.69, 9.17) is 31.8 Å². The van der Waals surface area contributed by atoms with Crippen LogP contribution in [0.15, 0.2) is 18.2 Å². The monoisotopic (exact) mass is 252 g/mol. The molecule has 0 saturated carbocycles. The van der Waals surface area contributed by atoms with Crippen LogP contribution in [0.2, 0.25) is 5.02 Å². The summed E-state index contributed by atoms with van der Waals surface area (Å²) in [6.45, 7) is 0. The summed E-state index contributed by atoms with van der Waals surface area (Å²) in [6, 6.07) is 3.93. The van der Waals surface area contributed by atoms with E-state index < -0.39 is 19.0 Å². The summed E-state index contributed by atoms with van der Waals surface area (Å²) in [7, 11) is -2.17. The van der Waals surface area contributed by atoms with Crippen LogP contribution in [0.25, 0.3) is 0 Å². The zero-order valence-electron chi connectivity index (χ0n) is 7.67. The number of aromatic carboxylic acids is 1. The van der Waals surface area contributed by atoms with Gasteiger partial charge in [-0.05, 0) is 12.1 Å². The Balaban J connectivity index is 0.000000487. The Morgan fingerprint density at radius 2 is 1.88 bits per heavy atom. The van der Waals surface area contributed by atoms with Gasteiger partial charge in [0.25, 0.3) is 0 Å². The Kier molecular flexibility index (Phi) is 6.43. The molecule has 6 nitrogen and oxygen atoms in total. The summed E-state index contributed by atoms with van der Waals surface area (Å²) in [5.41, 5.74) is -0.301. The second-order valence-electron chi connectivity index (χ2n) is 2.35. The third-order valence-electron chi connectivity index (χ3n) is 1.27. The third kappa shape index (κ3) is 4.94. The molecule has 1 aromatic carbocycles. The largest absolute Gasteiger partial charge is 0.631 e. The Morgan fingerprint density at radius 3 is 2.19 bits per heavy atom. The molecule has 0 heterocycles. The van der Waals surface area contributed by atoms with Crippen molar-refractivity contribution in [2.45, 2.75) is 0 Å². The molecule has 4 N–H and O–H groups in total. The van der Waals surface area contributed by atoms with E-state index in [9.17, 15) is 9.32 Å². The Bertz CT molecular complexity index is 358. The quantitative estimate of drug-likeness (QED) is 0.562. The van der Waals surface area contributed by atoms with Crippen LogP contribution in [0, 0.1) is 0 Å². The zero-order chi connectivity index (χ0) is 12.7. The lowest BCUT2D eigenvalue weighted by Crippen LogP contribution is -2.07. The van der Waals surface area contributed by atoms with Gasteiger partial charge in [0.05, 0.1) is 5.02 Å². The smallest absolute Gasteiger partial charge is 0.478 e. The van der Waals surface area contributed by atoms with Crippen LogP contribution in [-0.4, -0.2) is 33.5 Å². The fourth-order valence-corrected chi connectivity index (χ4v) is 0.959. The molecule has 0 saturated heterocycles. The first-order valence-corrected chi connectivity index (χ1v) is 4.12. The van der Waals surface area contributed by atoms with E-state index >= 15 is 0 Å². The van der Waals surface area contributed by atoms with Crippen molar-refractivity contribution in [1.82, 2.24) is 0 Å². The summed E-state index contributed by atoms with van der Waals surface area (Å²) < 4.78 is 11.8. The van der Waals surface area contributed by atoms with Gasteiger partial charge in [0.15, 0.2) is 0 Å². The van der Waals surface area contributed by atoms with Crippen LogP contribution in [0.1, 0.15) is 10.4 Å². The average molecular weight is 252 g/mol. The third-order valence-corrected chi connectivity index (χ3v) is 1.57. The molecule has 16 heavy (non-hydrogen) atoms. The van der Waals surface area contributed by atoms with Crippen molar-refractivity contribution in [3.8, 4) is 5.75 Å². The number of benzene rings is 1. The number of hydrogen-bond donors (Lipinski definition) is 4. The van der Waals surface area contributed by atoms with Crippen LogP contribution in [0.4, 0.5) is 4.53 Å². The van der Waals surface area contributed by atoms with Crippen LogP contribution >= 0.6 is 11.6 Å². The molecule has 1 rings (SSSR count). The number of carboxylic acid groups (broad SMARTS) is 1. The molecule has 0 aliphatic rings. The van der Waals surface area contributed by atoms with Crippen LogP contribution in [0.3, 0.4) is 0 Å². The van der Waals surface area contributed by atoms with E-state index in [1.165, 1.54) is 18.2 Å². The number of carbonyl (C=O) groups is 1. The number of carboxylic acids is 1. The van der Waals surface area contributed by atoms with Crippen molar-refractivity contribution in [3.05, 3.63) is 28.8 Å². The predicted octanol–water partition coefficient (Wildman–Crippen LogP) is 0.250. The van der Waals surface area contributed by atoms with E-state index in [0.717, 1.165) is 0 Å². The summed E-state index contributed by atoms with van der Waals surface area (Å²) in [5.74, 6) is -1.75. The first kappa shape index (κ1) is 14.7. The molecule has 0 aromatic heterocycles. The highest BCUT2D eigenvalue weighted by Crippen LogP contribution is 2.28. The first-order chi connectivity index (χ1) is 7.40. The molecule has 0 amide bonds. The molecular weight excluding hydrogens is 245 g/mol. The predicted molar refractivity (Wildman–Crippen MR) is 52.6 cm³/mol. The van der Waals surface area contributed by atoms with Crippen molar-refractivity contribution < 1.29 is 34.4 Å². The minimum atomic E-state index is -2.17. The highest BCUT2D eigenvalue weighted by molar-refractivity contribution is 6.32. The lowest BCUT2D eigenvalue weighted by molar-refractivity contribution is -0.00768. The fraction of sp³-hybridized carbons (Fsp3) is 0. The van der Waals surface area contributed by atoms with Gasteiger partial charge in [-0.2, -0.15) is 0 Å². The molecule has 0 aliphatic carbocycles. The van der Waals surface area contributed by atoms with Crippen molar-refractivity contribution in [2.24, 2.45) is 0 Å². The Labute approximate surface area is 94.6 Å². The molecule has 0 atom stereocenters. The summed E-state index contributed by atoms with van der Waals surface area (Å²) in [5, 5.41) is 29.9. The molecule has 0 spiro atoms. The molecule has 9 heteroatoms. The summed E-state index contributed by atoms with van der Waals surface area (Å²) in [4.78, 5) is 13.8. The van der Waals surface area contributed by atoms with Gasteiger partial charge in [-0.25, -0.2) is 4.79 Å². The summed E-state index contributed by atoms with van der Waals surface area (Å²) in [6.07, 6.45) is 0. The highest BCUT2D eigenvalue weighted by Gasteiger charge is 2.14. The van der Waals surface area contributed by atoms with Crippen LogP contribution in [-0.2, 0) is 0 Å². The summed E-state index contributed by atoms with van der Waals surface area (Å²) >= 11 is 5.45. The standard InChI is InChI=1S/C7H4ClFO3.BH3O3/c8-5-3-1-2-4(7(10)11)6(5)12-9;2-1(3)4/h1-3H,(H,10,11);2-4H. The number of halogens is 2. The molecule has 0 unspecified atom stereocenters. The Morgan fingerprint density at radius 1 is 1.38 bits per heavy atom. The second kappa shape index (κ2) is 7.02. The zero-order valence-corrected chi connectivity index (χ0v) is 8.43. The molecule has 0 radical (unpaired) electrons. The van der Waals surface area contributed by atoms with Gasteiger partial charge in [-0.3, -0.25) is 4.94 Å². The van der Waals surface area contributed by atoms with Crippen molar-refractivity contribution in [1.29, 1.82) is 0 Å². The highest BCUT2D eigenvalue weighted by atomic mass is 35.5. The lowest BCUT2D eigenvalue weighted by Gasteiger charge is -2.00. The minimum absolute atomic E-state index is 0.0719. The molecule has 0 bridgehead atoms. The normalized spacial score (nSPS) is 8.81. The van der Waals surface area contributed by atoms with E-state index in [-0.39, 0.29) is 10.6 Å². The van der Waals surface area contributed by atoms with Gasteiger partial charge < -0.3 is 20.2 Å². The van der Waals surface area contributed by atoms with E-state index in [2.05, 4.69) is 4.94 Å². The van der Waals surface area contributed by atoms with Crippen LogP contribution in [0.5, 0.6) is 5.75 Å². The van der Waals surface area contributed by atoms with Crippen LogP contribution < -0.4 is 4.94 Å². The van der Waals surface area contributed by atoms with Gasteiger partial charge in [0.2, 0.25) is 5.75 Å². The maximum absolute atomic E-state index is 11.8. The number of hydrogen-bond acceptors (Lipinski definition) is 5. The van der Waals surface area contributed by atoms with Gasteiger partial charge in [-0.1, -0.05) is 17.7 Å². The maximum atomic E-state index is 11.8. The van der Waals surface area contributed by atoms with Gasteiger partial charge >= 0.3 is 13.3 Å².